The summed E-state index contributed by atoms with van der Waals surface area (Å²) in [7, 11) is 2.95. The standard InChI is InChI=1S/C20H18O8/c1-24-13-6-11(5-12(22)8-13)17-15(9-21)26-19-14(25-2)7-10-3-4-16(23)27-18(10)20(19)28-17/h3-8,15,17,21-22H,9H2,1-2H3/t15-,17-/m1/s1. The van der Waals surface area contributed by atoms with Crippen LogP contribution in [0.5, 0.6) is 28.7 Å². The largest absolute Gasteiger partial charge is 0.508 e. The van der Waals surface area contributed by atoms with E-state index in [1.54, 1.807) is 18.2 Å². The normalized spacial score (nSPS) is 18.1. The monoisotopic (exact) mass is 386 g/mol. The van der Waals surface area contributed by atoms with Gasteiger partial charge in [-0.2, -0.15) is 0 Å². The summed E-state index contributed by atoms with van der Waals surface area (Å²) < 4.78 is 28.0. The molecule has 0 amide bonds. The molecule has 0 saturated heterocycles. The molecule has 0 radical (unpaired) electrons. The van der Waals surface area contributed by atoms with Crippen LogP contribution in [-0.2, 0) is 0 Å². The summed E-state index contributed by atoms with van der Waals surface area (Å²) in [5.41, 5.74) is 0.191. The minimum atomic E-state index is -0.792. The topological polar surface area (TPSA) is 108 Å². The van der Waals surface area contributed by atoms with Crippen LogP contribution in [0.2, 0.25) is 0 Å². The lowest BCUT2D eigenvalue weighted by Gasteiger charge is -2.34. The van der Waals surface area contributed by atoms with Crippen LogP contribution in [0.3, 0.4) is 0 Å². The van der Waals surface area contributed by atoms with Crippen LogP contribution < -0.4 is 24.6 Å². The molecule has 2 atom stereocenters. The van der Waals surface area contributed by atoms with Gasteiger partial charge >= 0.3 is 5.63 Å². The zero-order valence-corrected chi connectivity index (χ0v) is 15.2. The first-order valence-corrected chi connectivity index (χ1v) is 8.51. The zero-order valence-electron chi connectivity index (χ0n) is 15.2. The van der Waals surface area contributed by atoms with Gasteiger partial charge in [0.15, 0.2) is 23.5 Å². The fourth-order valence-electron chi connectivity index (χ4n) is 3.23. The van der Waals surface area contributed by atoms with E-state index in [0.29, 0.717) is 22.4 Å². The lowest BCUT2D eigenvalue weighted by atomic mass is 10.0. The molecular formula is C20H18O8. The molecule has 0 fully saturated rings. The highest BCUT2D eigenvalue weighted by atomic mass is 16.6. The predicted molar refractivity (Wildman–Crippen MR) is 98.6 cm³/mol. The molecule has 1 aliphatic heterocycles. The van der Waals surface area contributed by atoms with Crippen LogP contribution in [0.25, 0.3) is 11.0 Å². The Kier molecular flexibility index (Phi) is 4.48. The van der Waals surface area contributed by atoms with Crippen molar-refractivity contribution in [2.75, 3.05) is 20.8 Å². The van der Waals surface area contributed by atoms with E-state index in [1.807, 2.05) is 0 Å². The maximum absolute atomic E-state index is 11.7. The maximum Gasteiger partial charge on any atom is 0.336 e. The van der Waals surface area contributed by atoms with Gasteiger partial charge < -0.3 is 33.6 Å². The molecule has 0 bridgehead atoms. The molecule has 0 aliphatic carbocycles. The van der Waals surface area contributed by atoms with Crippen molar-refractivity contribution in [2.45, 2.75) is 12.2 Å². The van der Waals surface area contributed by atoms with Gasteiger partial charge in [0.05, 0.1) is 20.8 Å². The van der Waals surface area contributed by atoms with Gasteiger partial charge in [0.25, 0.3) is 0 Å². The SMILES string of the molecule is COc1cc(O)cc([C@H]2Oc3c(c(OC)cc4ccc(=O)oc34)O[C@@H]2CO)c1. The van der Waals surface area contributed by atoms with E-state index in [1.165, 1.54) is 32.4 Å². The van der Waals surface area contributed by atoms with E-state index in [2.05, 4.69) is 0 Å². The van der Waals surface area contributed by atoms with Gasteiger partial charge in [-0.3, -0.25) is 0 Å². The Hall–Kier alpha value is -3.39. The van der Waals surface area contributed by atoms with Crippen molar-refractivity contribution in [2.24, 2.45) is 0 Å². The van der Waals surface area contributed by atoms with Crippen LogP contribution in [0.15, 0.2) is 45.6 Å². The third-order valence-electron chi connectivity index (χ3n) is 4.52. The quantitative estimate of drug-likeness (QED) is 0.658. The van der Waals surface area contributed by atoms with Crippen molar-refractivity contribution in [3.63, 3.8) is 0 Å². The zero-order chi connectivity index (χ0) is 19.8. The van der Waals surface area contributed by atoms with Gasteiger partial charge in [0.1, 0.15) is 11.5 Å². The number of hydrogen-bond donors (Lipinski definition) is 2. The van der Waals surface area contributed by atoms with E-state index in [4.69, 9.17) is 23.4 Å². The molecule has 8 heteroatoms. The van der Waals surface area contributed by atoms with E-state index >= 15 is 0 Å². The smallest absolute Gasteiger partial charge is 0.336 e. The Morgan fingerprint density at radius 2 is 1.86 bits per heavy atom. The Balaban J connectivity index is 1.90. The molecular weight excluding hydrogens is 368 g/mol. The van der Waals surface area contributed by atoms with E-state index < -0.39 is 17.8 Å². The number of aromatic hydroxyl groups is 1. The number of aliphatic hydroxyl groups excluding tert-OH is 1. The van der Waals surface area contributed by atoms with Crippen molar-refractivity contribution >= 4 is 11.0 Å². The summed E-state index contributed by atoms with van der Waals surface area (Å²) in [5.74, 6) is 1.18. The second kappa shape index (κ2) is 6.97. The number of methoxy groups -OCH3 is 2. The molecule has 2 aromatic carbocycles. The second-order valence-electron chi connectivity index (χ2n) is 6.25. The number of aliphatic hydroxyl groups is 1. The number of fused-ring (bicyclic) bond motifs is 3. The maximum atomic E-state index is 11.7. The van der Waals surface area contributed by atoms with Gasteiger partial charge in [0, 0.05) is 23.1 Å². The molecule has 1 aliphatic rings. The number of ether oxygens (including phenoxy) is 4. The van der Waals surface area contributed by atoms with E-state index in [0.717, 1.165) is 0 Å². The first-order chi connectivity index (χ1) is 13.5. The average molecular weight is 386 g/mol. The van der Waals surface area contributed by atoms with Crippen LogP contribution >= 0.6 is 0 Å². The van der Waals surface area contributed by atoms with Crippen LogP contribution in [0.4, 0.5) is 0 Å². The van der Waals surface area contributed by atoms with E-state index in [-0.39, 0.29) is 29.4 Å². The van der Waals surface area contributed by atoms with Crippen molar-refractivity contribution < 1.29 is 33.6 Å². The molecule has 8 nitrogen and oxygen atoms in total. The molecule has 3 aromatic rings. The number of phenols is 1. The highest BCUT2D eigenvalue weighted by molar-refractivity contribution is 5.88. The Bertz CT molecular complexity index is 1090. The molecule has 2 heterocycles. The minimum Gasteiger partial charge on any atom is -0.508 e. The van der Waals surface area contributed by atoms with Crippen LogP contribution in [-0.4, -0.2) is 37.1 Å². The summed E-state index contributed by atoms with van der Waals surface area (Å²) in [6.45, 7) is -0.359. The van der Waals surface area contributed by atoms with Crippen molar-refractivity contribution in [1.82, 2.24) is 0 Å². The fraction of sp³-hybridized carbons (Fsp3) is 0.250. The van der Waals surface area contributed by atoms with Gasteiger partial charge in [0.2, 0.25) is 11.5 Å². The molecule has 0 spiro atoms. The molecule has 146 valence electrons. The third kappa shape index (κ3) is 2.97. The Morgan fingerprint density at radius 1 is 1.04 bits per heavy atom. The van der Waals surface area contributed by atoms with Crippen molar-refractivity contribution in [3.8, 4) is 28.7 Å². The lowest BCUT2D eigenvalue weighted by molar-refractivity contribution is -0.0137. The van der Waals surface area contributed by atoms with Gasteiger partial charge in [-0.05, 0) is 24.3 Å². The average Bonchev–Trinajstić information content (AvgIpc) is 2.71. The second-order valence-corrected chi connectivity index (χ2v) is 6.25. The first kappa shape index (κ1) is 18.0. The van der Waals surface area contributed by atoms with Gasteiger partial charge in [-0.15, -0.1) is 0 Å². The highest BCUT2D eigenvalue weighted by Gasteiger charge is 2.37. The minimum absolute atomic E-state index is 0.0255. The van der Waals surface area contributed by atoms with Crippen molar-refractivity contribution in [3.05, 3.63) is 52.4 Å². The molecule has 0 saturated carbocycles. The molecule has 1 aromatic heterocycles. The molecule has 2 N–H and O–H groups in total. The number of rotatable bonds is 4. The number of benzene rings is 2. The van der Waals surface area contributed by atoms with Gasteiger partial charge in [-0.1, -0.05) is 0 Å². The van der Waals surface area contributed by atoms with Crippen LogP contribution in [0, 0.1) is 0 Å². The third-order valence-corrected chi connectivity index (χ3v) is 4.52. The number of phenolic OH excluding ortho intramolecular Hbond substituents is 1. The summed E-state index contributed by atoms with van der Waals surface area (Å²) >= 11 is 0. The Labute approximate surface area is 159 Å². The number of hydrogen-bond acceptors (Lipinski definition) is 8. The predicted octanol–water partition coefficient (Wildman–Crippen LogP) is 2.39. The fourth-order valence-corrected chi connectivity index (χ4v) is 3.23. The molecule has 28 heavy (non-hydrogen) atoms. The van der Waals surface area contributed by atoms with E-state index in [9.17, 15) is 15.0 Å². The van der Waals surface area contributed by atoms with Crippen LogP contribution in [0.1, 0.15) is 11.7 Å². The molecule has 0 unspecified atom stereocenters. The summed E-state index contributed by atoms with van der Waals surface area (Å²) in [5, 5.41) is 20.4. The first-order valence-electron chi connectivity index (χ1n) is 8.51. The lowest BCUT2D eigenvalue weighted by Crippen LogP contribution is -2.36. The van der Waals surface area contributed by atoms with Gasteiger partial charge in [-0.25, -0.2) is 4.79 Å². The summed E-state index contributed by atoms with van der Waals surface area (Å²) in [6.07, 6.45) is -1.58. The highest BCUT2D eigenvalue weighted by Crippen LogP contribution is 2.49. The van der Waals surface area contributed by atoms with Crippen molar-refractivity contribution in [1.29, 1.82) is 0 Å². The summed E-state index contributed by atoms with van der Waals surface area (Å²) in [4.78, 5) is 11.7. The Morgan fingerprint density at radius 3 is 2.57 bits per heavy atom. The molecule has 4 rings (SSSR count). The summed E-state index contributed by atoms with van der Waals surface area (Å²) in [6, 6.07) is 9.16.